The van der Waals surface area contributed by atoms with Gasteiger partial charge in [0.25, 0.3) is 5.91 Å². The Hall–Kier alpha value is -2.24. The first-order valence-electron chi connectivity index (χ1n) is 6.34. The molecule has 1 saturated heterocycles. The first-order chi connectivity index (χ1) is 9.25. The maximum Gasteiger partial charge on any atom is 0.272 e. The maximum absolute atomic E-state index is 12.4. The minimum Gasteiger partial charge on any atom is -0.329 e. The molecule has 1 fully saturated rings. The van der Waals surface area contributed by atoms with Crippen LogP contribution < -0.4 is 0 Å². The Morgan fingerprint density at radius 1 is 1.47 bits per heavy atom. The molecule has 3 rings (SSSR count). The van der Waals surface area contributed by atoms with Crippen molar-refractivity contribution >= 4 is 5.91 Å². The fourth-order valence-corrected chi connectivity index (χ4v) is 2.49. The number of carbonyl (C=O) groups excluding carboxylic acids is 1. The topological polar surface area (TPSA) is 74.8 Å². The van der Waals surface area contributed by atoms with Crippen LogP contribution in [0.1, 0.15) is 40.8 Å². The van der Waals surface area contributed by atoms with Crippen LogP contribution in [-0.4, -0.2) is 37.5 Å². The zero-order valence-corrected chi connectivity index (χ0v) is 10.7. The second-order valence-corrected chi connectivity index (χ2v) is 4.71. The predicted octanol–water partition coefficient (Wildman–Crippen LogP) is 1.49. The SMILES string of the molecule is Cc1cncc([C@@H]2CCCN2C(=O)c2ccn[nH]2)n1. The minimum atomic E-state index is -0.0247. The van der Waals surface area contributed by atoms with Crippen LogP contribution in [0.15, 0.2) is 24.7 Å². The Bertz CT molecular complexity index is 580. The van der Waals surface area contributed by atoms with Crippen molar-refractivity contribution < 1.29 is 4.79 Å². The number of aromatic amines is 1. The summed E-state index contributed by atoms with van der Waals surface area (Å²) in [5, 5.41) is 6.55. The lowest BCUT2D eigenvalue weighted by atomic mass is 10.1. The summed E-state index contributed by atoms with van der Waals surface area (Å²) in [5.74, 6) is -0.0247. The van der Waals surface area contributed by atoms with Crippen molar-refractivity contribution in [2.75, 3.05) is 6.54 Å². The van der Waals surface area contributed by atoms with Gasteiger partial charge in [0.15, 0.2) is 0 Å². The number of hydrogen-bond donors (Lipinski definition) is 1. The average molecular weight is 257 g/mol. The van der Waals surface area contributed by atoms with Gasteiger partial charge >= 0.3 is 0 Å². The van der Waals surface area contributed by atoms with Gasteiger partial charge in [-0.25, -0.2) is 0 Å². The Kier molecular flexibility index (Phi) is 2.98. The van der Waals surface area contributed by atoms with E-state index in [4.69, 9.17) is 0 Å². The van der Waals surface area contributed by atoms with Crippen LogP contribution >= 0.6 is 0 Å². The number of hydrogen-bond acceptors (Lipinski definition) is 4. The molecule has 0 saturated carbocycles. The van der Waals surface area contributed by atoms with Crippen LogP contribution in [-0.2, 0) is 0 Å². The molecule has 1 atom stereocenters. The highest BCUT2D eigenvalue weighted by atomic mass is 16.2. The van der Waals surface area contributed by atoms with Crippen LogP contribution in [0, 0.1) is 6.92 Å². The molecule has 1 amide bonds. The molecule has 0 bridgehead atoms. The summed E-state index contributed by atoms with van der Waals surface area (Å²) < 4.78 is 0. The highest BCUT2D eigenvalue weighted by Gasteiger charge is 2.32. The van der Waals surface area contributed by atoms with Crippen molar-refractivity contribution in [2.24, 2.45) is 0 Å². The van der Waals surface area contributed by atoms with E-state index in [9.17, 15) is 4.79 Å². The van der Waals surface area contributed by atoms with Gasteiger partial charge in [0, 0.05) is 18.9 Å². The molecule has 0 spiro atoms. The third kappa shape index (κ3) is 2.21. The van der Waals surface area contributed by atoms with Crippen molar-refractivity contribution in [1.82, 2.24) is 25.1 Å². The van der Waals surface area contributed by atoms with Crippen LogP contribution in [0.25, 0.3) is 0 Å². The summed E-state index contributed by atoms with van der Waals surface area (Å²) in [6.07, 6.45) is 6.97. The summed E-state index contributed by atoms with van der Waals surface area (Å²) in [7, 11) is 0. The number of aryl methyl sites for hydroxylation is 1. The van der Waals surface area contributed by atoms with Gasteiger partial charge in [0.2, 0.25) is 0 Å². The Morgan fingerprint density at radius 3 is 3.11 bits per heavy atom. The van der Waals surface area contributed by atoms with E-state index >= 15 is 0 Å². The second kappa shape index (κ2) is 4.79. The molecule has 1 N–H and O–H groups in total. The summed E-state index contributed by atoms with van der Waals surface area (Å²) >= 11 is 0. The third-order valence-electron chi connectivity index (χ3n) is 3.36. The molecule has 19 heavy (non-hydrogen) atoms. The van der Waals surface area contributed by atoms with E-state index in [1.54, 1.807) is 24.7 Å². The second-order valence-electron chi connectivity index (χ2n) is 4.71. The maximum atomic E-state index is 12.4. The van der Waals surface area contributed by atoms with Crippen molar-refractivity contribution in [3.63, 3.8) is 0 Å². The van der Waals surface area contributed by atoms with Gasteiger partial charge in [-0.15, -0.1) is 0 Å². The predicted molar refractivity (Wildman–Crippen MR) is 68.4 cm³/mol. The van der Waals surface area contributed by atoms with Gasteiger partial charge in [-0.3, -0.25) is 19.9 Å². The molecule has 6 nitrogen and oxygen atoms in total. The van der Waals surface area contributed by atoms with E-state index in [0.29, 0.717) is 5.69 Å². The smallest absolute Gasteiger partial charge is 0.272 e. The van der Waals surface area contributed by atoms with E-state index in [1.807, 2.05) is 11.8 Å². The first kappa shape index (κ1) is 11.8. The number of H-pyrrole nitrogens is 1. The van der Waals surface area contributed by atoms with E-state index < -0.39 is 0 Å². The summed E-state index contributed by atoms with van der Waals surface area (Å²) in [4.78, 5) is 22.9. The zero-order valence-electron chi connectivity index (χ0n) is 10.7. The van der Waals surface area contributed by atoms with Gasteiger partial charge in [-0.2, -0.15) is 5.10 Å². The molecule has 2 aromatic heterocycles. The van der Waals surface area contributed by atoms with Crippen molar-refractivity contribution in [3.05, 3.63) is 41.7 Å². The van der Waals surface area contributed by atoms with Crippen LogP contribution in [0.5, 0.6) is 0 Å². The lowest BCUT2D eigenvalue weighted by Gasteiger charge is -2.23. The molecule has 2 aromatic rings. The Morgan fingerprint density at radius 2 is 2.37 bits per heavy atom. The molecule has 0 aliphatic carbocycles. The quantitative estimate of drug-likeness (QED) is 0.884. The zero-order chi connectivity index (χ0) is 13.2. The van der Waals surface area contributed by atoms with Gasteiger partial charge in [0.05, 0.1) is 23.6 Å². The Labute approximate surface area is 110 Å². The number of carbonyl (C=O) groups is 1. The standard InChI is InChI=1S/C13H15N5O/c1-9-7-14-8-11(16-9)12-3-2-6-18(12)13(19)10-4-5-15-17-10/h4-5,7-8,12H,2-3,6H2,1H3,(H,15,17)/t12-/m0/s1. The molecule has 6 heteroatoms. The monoisotopic (exact) mass is 257 g/mol. The molecular formula is C13H15N5O. The van der Waals surface area contributed by atoms with E-state index in [1.165, 1.54) is 0 Å². The van der Waals surface area contributed by atoms with Crippen LogP contribution in [0.3, 0.4) is 0 Å². The normalized spacial score (nSPS) is 18.8. The van der Waals surface area contributed by atoms with Crippen molar-refractivity contribution in [2.45, 2.75) is 25.8 Å². The molecule has 1 aliphatic rings. The van der Waals surface area contributed by atoms with Crippen molar-refractivity contribution in [3.8, 4) is 0 Å². The summed E-state index contributed by atoms with van der Waals surface area (Å²) in [5.41, 5.74) is 2.26. The number of amides is 1. The lowest BCUT2D eigenvalue weighted by Crippen LogP contribution is -2.31. The largest absolute Gasteiger partial charge is 0.329 e. The minimum absolute atomic E-state index is 0.0169. The molecule has 3 heterocycles. The van der Waals surface area contributed by atoms with Gasteiger partial charge in [-0.05, 0) is 25.8 Å². The van der Waals surface area contributed by atoms with Gasteiger partial charge < -0.3 is 4.90 Å². The molecule has 0 unspecified atom stereocenters. The number of nitrogens with one attached hydrogen (secondary N) is 1. The summed E-state index contributed by atoms with van der Waals surface area (Å²) in [6, 6.07) is 1.71. The Balaban J connectivity index is 1.88. The number of nitrogens with zero attached hydrogens (tertiary/aromatic N) is 4. The van der Waals surface area contributed by atoms with Crippen LogP contribution in [0.2, 0.25) is 0 Å². The average Bonchev–Trinajstić information content (AvgIpc) is 3.09. The number of rotatable bonds is 2. The lowest BCUT2D eigenvalue weighted by molar-refractivity contribution is 0.0726. The molecule has 0 radical (unpaired) electrons. The molecule has 0 aromatic carbocycles. The fourth-order valence-electron chi connectivity index (χ4n) is 2.49. The van der Waals surface area contributed by atoms with Gasteiger partial charge in [-0.1, -0.05) is 0 Å². The molecule has 98 valence electrons. The number of aromatic nitrogens is 4. The van der Waals surface area contributed by atoms with Crippen LogP contribution in [0.4, 0.5) is 0 Å². The third-order valence-corrected chi connectivity index (χ3v) is 3.36. The highest BCUT2D eigenvalue weighted by molar-refractivity contribution is 5.92. The van der Waals surface area contributed by atoms with E-state index in [-0.39, 0.29) is 11.9 Å². The van der Waals surface area contributed by atoms with Gasteiger partial charge in [0.1, 0.15) is 5.69 Å². The summed E-state index contributed by atoms with van der Waals surface area (Å²) in [6.45, 7) is 2.66. The number of likely N-dealkylation sites (tertiary alicyclic amines) is 1. The van der Waals surface area contributed by atoms with E-state index in [0.717, 1.165) is 30.8 Å². The highest BCUT2D eigenvalue weighted by Crippen LogP contribution is 2.31. The van der Waals surface area contributed by atoms with Crippen molar-refractivity contribution in [1.29, 1.82) is 0 Å². The first-order valence-corrected chi connectivity index (χ1v) is 6.34. The molecule has 1 aliphatic heterocycles. The molecular weight excluding hydrogens is 242 g/mol. The fraction of sp³-hybridized carbons (Fsp3) is 0.385. The van der Waals surface area contributed by atoms with E-state index in [2.05, 4.69) is 20.2 Å².